The first-order chi connectivity index (χ1) is 22.6. The van der Waals surface area contributed by atoms with Crippen molar-refractivity contribution in [1.29, 1.82) is 5.26 Å². The number of hydrogen-bond acceptors (Lipinski definition) is 12. The van der Waals surface area contributed by atoms with Crippen molar-refractivity contribution in [3.05, 3.63) is 66.3 Å². The van der Waals surface area contributed by atoms with Gasteiger partial charge >= 0.3 is 5.92 Å². The molecule has 5 N–H and O–H groups in total. The number of aromatic nitrogens is 3. The number of piperazine rings is 1. The summed E-state index contributed by atoms with van der Waals surface area (Å²) in [6.07, 6.45) is 0.509. The van der Waals surface area contributed by atoms with Gasteiger partial charge < -0.3 is 36.1 Å². The Kier molecular flexibility index (Phi) is 9.06. The number of nitrogens with two attached hydrogens (primary N) is 2. The number of anilines is 3. The molecule has 1 amide bonds. The van der Waals surface area contributed by atoms with Crippen molar-refractivity contribution in [3.63, 3.8) is 0 Å². The zero-order valence-electron chi connectivity index (χ0n) is 25.9. The Labute approximate surface area is 270 Å². The summed E-state index contributed by atoms with van der Waals surface area (Å²) >= 11 is 0. The molecule has 246 valence electrons. The first-order valence-electron chi connectivity index (χ1n) is 15.4. The van der Waals surface area contributed by atoms with E-state index in [-0.39, 0.29) is 35.8 Å². The van der Waals surface area contributed by atoms with Crippen LogP contribution in [0.2, 0.25) is 0 Å². The van der Waals surface area contributed by atoms with Gasteiger partial charge in [-0.2, -0.15) is 10.2 Å². The number of hydrogen-bond donors (Lipinski definition) is 3. The van der Waals surface area contributed by atoms with E-state index < -0.39 is 24.5 Å². The van der Waals surface area contributed by atoms with Crippen LogP contribution in [0.25, 0.3) is 11.4 Å². The van der Waals surface area contributed by atoms with Crippen molar-refractivity contribution in [2.75, 3.05) is 56.2 Å². The molecule has 15 heteroatoms. The van der Waals surface area contributed by atoms with E-state index >= 15 is 0 Å². The fourth-order valence-electron chi connectivity index (χ4n) is 6.00. The minimum atomic E-state index is -3.39. The number of amides is 1. The second kappa shape index (κ2) is 13.3. The molecule has 3 saturated heterocycles. The third-order valence-corrected chi connectivity index (χ3v) is 8.70. The van der Waals surface area contributed by atoms with Crippen molar-refractivity contribution >= 4 is 23.2 Å². The number of carbonyl (C=O) groups excluding carboxylic acids is 1. The van der Waals surface area contributed by atoms with Gasteiger partial charge in [-0.05, 0) is 49.4 Å². The summed E-state index contributed by atoms with van der Waals surface area (Å²) in [5.74, 6) is -3.58. The standard InChI is InChI=1S/C32H36F2N10O3/c1-20-15-42(25-16-46-17-25)10-11-44(20)24-5-3-23(4-6-24)40-31-39-19-38-29(41-31)21-2-7-27(22(12-21)13-35)47-28-8-9-43(18-32(28,33)34)30(45)26(37)14-36/h2-7,12,14,19-20,25,28H,8-11,15-18,36-37H2,1H3,(H,38,39,40,41)/b26-14-. The van der Waals surface area contributed by atoms with E-state index in [1.54, 1.807) is 6.07 Å². The van der Waals surface area contributed by atoms with Crippen LogP contribution in [0.15, 0.2) is 60.7 Å². The first kappa shape index (κ1) is 31.9. The number of benzene rings is 2. The van der Waals surface area contributed by atoms with Crippen LogP contribution >= 0.6 is 0 Å². The van der Waals surface area contributed by atoms with Crippen LogP contribution in [0.1, 0.15) is 18.9 Å². The smallest absolute Gasteiger partial charge is 0.301 e. The maximum atomic E-state index is 15.0. The molecule has 3 aromatic rings. The van der Waals surface area contributed by atoms with E-state index in [4.69, 9.17) is 20.9 Å². The molecule has 3 aliphatic heterocycles. The number of ether oxygens (including phenoxy) is 2. The summed E-state index contributed by atoms with van der Waals surface area (Å²) in [6, 6.07) is 15.5. The van der Waals surface area contributed by atoms with Gasteiger partial charge in [0, 0.05) is 61.8 Å². The molecule has 2 unspecified atom stereocenters. The first-order valence-corrected chi connectivity index (χ1v) is 15.4. The Balaban J connectivity index is 1.10. The highest BCUT2D eigenvalue weighted by atomic mass is 19.3. The lowest BCUT2D eigenvalue weighted by Gasteiger charge is -2.46. The van der Waals surface area contributed by atoms with E-state index in [9.17, 15) is 18.8 Å². The van der Waals surface area contributed by atoms with Gasteiger partial charge in [0.25, 0.3) is 5.91 Å². The Morgan fingerprint density at radius 3 is 2.62 bits per heavy atom. The monoisotopic (exact) mass is 646 g/mol. The zero-order valence-corrected chi connectivity index (χ0v) is 25.9. The van der Waals surface area contributed by atoms with E-state index in [0.29, 0.717) is 23.6 Å². The van der Waals surface area contributed by atoms with E-state index in [1.807, 2.05) is 18.2 Å². The van der Waals surface area contributed by atoms with Gasteiger partial charge in [-0.25, -0.2) is 18.7 Å². The third kappa shape index (κ3) is 6.88. The maximum absolute atomic E-state index is 15.0. The van der Waals surface area contributed by atoms with E-state index in [1.165, 1.54) is 18.5 Å². The number of carbonyl (C=O) groups is 1. The molecule has 6 rings (SSSR count). The van der Waals surface area contributed by atoms with Crippen molar-refractivity contribution < 1.29 is 23.0 Å². The SMILES string of the molecule is CC1CN(C2COC2)CCN1c1ccc(Nc2ncnc(-c3ccc(OC4CCN(C(=O)/C(N)=C/N)CC4(F)F)c(C#N)c3)n2)cc1. The normalized spacial score (nSPS) is 21.9. The summed E-state index contributed by atoms with van der Waals surface area (Å²) < 4.78 is 41.0. The molecule has 0 bridgehead atoms. The van der Waals surface area contributed by atoms with Crippen LogP contribution in [-0.4, -0.2) is 101 Å². The molecule has 3 fully saturated rings. The maximum Gasteiger partial charge on any atom is 0.301 e. The fraction of sp³-hybridized carbons (Fsp3) is 0.406. The molecule has 47 heavy (non-hydrogen) atoms. The number of piperidine rings is 1. The molecular formula is C32H36F2N10O3. The molecule has 0 saturated carbocycles. The van der Waals surface area contributed by atoms with Gasteiger partial charge in [0.2, 0.25) is 5.95 Å². The molecule has 3 aliphatic rings. The molecule has 4 heterocycles. The molecular weight excluding hydrogens is 610 g/mol. The average Bonchev–Trinajstić information content (AvgIpc) is 3.05. The molecule has 13 nitrogen and oxygen atoms in total. The lowest BCUT2D eigenvalue weighted by Crippen LogP contribution is -2.59. The van der Waals surface area contributed by atoms with E-state index in [2.05, 4.69) is 49.1 Å². The molecule has 0 spiro atoms. The Morgan fingerprint density at radius 1 is 1.17 bits per heavy atom. The number of nitrogens with one attached hydrogen (secondary N) is 1. The van der Waals surface area contributed by atoms with Crippen LogP contribution in [0.3, 0.4) is 0 Å². The number of nitriles is 1. The van der Waals surface area contributed by atoms with Crippen molar-refractivity contribution in [2.24, 2.45) is 11.5 Å². The molecule has 0 radical (unpaired) electrons. The van der Waals surface area contributed by atoms with E-state index in [0.717, 1.165) is 55.3 Å². The van der Waals surface area contributed by atoms with Crippen LogP contribution < -0.4 is 26.4 Å². The Bertz CT molecular complexity index is 1680. The van der Waals surface area contributed by atoms with Gasteiger partial charge in [0.15, 0.2) is 11.9 Å². The highest BCUT2D eigenvalue weighted by Crippen LogP contribution is 2.34. The van der Waals surface area contributed by atoms with Crippen LogP contribution in [0.5, 0.6) is 5.75 Å². The van der Waals surface area contributed by atoms with Crippen LogP contribution in [-0.2, 0) is 9.53 Å². The van der Waals surface area contributed by atoms with Crippen LogP contribution in [0, 0.1) is 11.3 Å². The fourth-order valence-corrected chi connectivity index (χ4v) is 6.00. The van der Waals surface area contributed by atoms with Gasteiger partial charge in [-0.1, -0.05) is 0 Å². The summed E-state index contributed by atoms with van der Waals surface area (Å²) in [7, 11) is 0. The number of nitrogens with zero attached hydrogens (tertiary/aromatic N) is 7. The van der Waals surface area contributed by atoms with Gasteiger partial charge in [0.05, 0.1) is 31.4 Å². The quantitative estimate of drug-likeness (QED) is 0.306. The summed E-state index contributed by atoms with van der Waals surface area (Å²) in [5, 5.41) is 13.0. The minimum Gasteiger partial charge on any atom is -0.483 e. The second-order valence-corrected chi connectivity index (χ2v) is 11.9. The molecule has 2 atom stereocenters. The van der Waals surface area contributed by atoms with Crippen molar-refractivity contribution in [1.82, 2.24) is 24.8 Å². The topological polar surface area (TPSA) is 172 Å². The summed E-state index contributed by atoms with van der Waals surface area (Å²) in [5.41, 5.74) is 12.9. The van der Waals surface area contributed by atoms with Crippen molar-refractivity contribution in [2.45, 2.75) is 37.5 Å². The van der Waals surface area contributed by atoms with Crippen molar-refractivity contribution in [3.8, 4) is 23.2 Å². The summed E-state index contributed by atoms with van der Waals surface area (Å²) in [4.78, 5) is 31.0. The minimum absolute atomic E-state index is 0.0103. The Hall–Kier alpha value is -5.07. The largest absolute Gasteiger partial charge is 0.483 e. The second-order valence-electron chi connectivity index (χ2n) is 11.9. The van der Waals surface area contributed by atoms with Gasteiger partial charge in [0.1, 0.15) is 23.8 Å². The lowest BCUT2D eigenvalue weighted by molar-refractivity contribution is -0.157. The number of alkyl halides is 2. The highest BCUT2D eigenvalue weighted by Gasteiger charge is 2.48. The predicted octanol–water partition coefficient (Wildman–Crippen LogP) is 2.44. The Morgan fingerprint density at radius 2 is 1.96 bits per heavy atom. The zero-order chi connectivity index (χ0) is 33.1. The number of likely N-dealkylation sites (tertiary alicyclic amines) is 1. The lowest BCUT2D eigenvalue weighted by atomic mass is 10.0. The highest BCUT2D eigenvalue weighted by molar-refractivity contribution is 5.92. The van der Waals surface area contributed by atoms with Gasteiger partial charge in [-0.3, -0.25) is 9.69 Å². The number of halogens is 2. The average molecular weight is 647 g/mol. The summed E-state index contributed by atoms with van der Waals surface area (Å²) in [6.45, 7) is 5.93. The molecule has 0 aliphatic carbocycles. The van der Waals surface area contributed by atoms with Crippen LogP contribution in [0.4, 0.5) is 26.1 Å². The predicted molar refractivity (Wildman–Crippen MR) is 170 cm³/mol. The van der Waals surface area contributed by atoms with Gasteiger partial charge in [-0.15, -0.1) is 0 Å². The third-order valence-electron chi connectivity index (χ3n) is 8.70. The molecule has 2 aromatic carbocycles. The number of rotatable bonds is 8. The molecule has 1 aromatic heterocycles.